The van der Waals surface area contributed by atoms with Crippen LogP contribution >= 0.6 is 0 Å². The smallest absolute Gasteiger partial charge is 0.305 e. The second kappa shape index (κ2) is 7.02. The van der Waals surface area contributed by atoms with Crippen molar-refractivity contribution in [2.75, 3.05) is 5.32 Å². The highest BCUT2D eigenvalue weighted by Gasteiger charge is 2.36. The van der Waals surface area contributed by atoms with Crippen LogP contribution in [0.25, 0.3) is 0 Å². The summed E-state index contributed by atoms with van der Waals surface area (Å²) in [4.78, 5) is 23.3. The van der Waals surface area contributed by atoms with E-state index in [0.29, 0.717) is 0 Å². The number of benzene rings is 2. The van der Waals surface area contributed by atoms with E-state index in [4.69, 9.17) is 0 Å². The van der Waals surface area contributed by atoms with Crippen LogP contribution in [0.15, 0.2) is 30.3 Å². The van der Waals surface area contributed by atoms with Crippen LogP contribution < -0.4 is 10.6 Å². The van der Waals surface area contributed by atoms with Gasteiger partial charge in [-0.1, -0.05) is 6.07 Å². The third-order valence-electron chi connectivity index (χ3n) is 3.01. The average Bonchev–Trinajstić information content (AvgIpc) is 2.49. The standard InChI is InChI=1S/C15H7F7N2O2/c16-6-4-7(15(20,21)22)12(19)10(5-6)23-14(26)24-13(25)11-8(17)2-1-3-9(11)18/h1-5H,(H2,23,24,25,26). The average molecular weight is 380 g/mol. The summed E-state index contributed by atoms with van der Waals surface area (Å²) in [6, 6.07) is 0.865. The van der Waals surface area contributed by atoms with Crippen molar-refractivity contribution in [1.29, 1.82) is 0 Å². The van der Waals surface area contributed by atoms with Gasteiger partial charge in [0, 0.05) is 6.07 Å². The Morgan fingerprint density at radius 2 is 1.50 bits per heavy atom. The van der Waals surface area contributed by atoms with Crippen molar-refractivity contribution in [3.8, 4) is 0 Å². The summed E-state index contributed by atoms with van der Waals surface area (Å²) in [7, 11) is 0. The monoisotopic (exact) mass is 380 g/mol. The van der Waals surface area contributed by atoms with Gasteiger partial charge in [-0.15, -0.1) is 0 Å². The van der Waals surface area contributed by atoms with Crippen molar-refractivity contribution in [2.45, 2.75) is 6.18 Å². The minimum atomic E-state index is -5.24. The Morgan fingerprint density at radius 3 is 2.04 bits per heavy atom. The summed E-state index contributed by atoms with van der Waals surface area (Å²) in [5, 5.41) is 2.86. The number of anilines is 1. The molecule has 0 unspecified atom stereocenters. The van der Waals surface area contributed by atoms with Crippen molar-refractivity contribution >= 4 is 17.6 Å². The first-order valence-electron chi connectivity index (χ1n) is 6.63. The first-order valence-corrected chi connectivity index (χ1v) is 6.63. The van der Waals surface area contributed by atoms with Gasteiger partial charge in [0.1, 0.15) is 23.0 Å². The van der Waals surface area contributed by atoms with Gasteiger partial charge in [0.05, 0.1) is 11.3 Å². The molecule has 0 fully saturated rings. The lowest BCUT2D eigenvalue weighted by Crippen LogP contribution is -2.35. The first kappa shape index (κ1) is 19.2. The number of rotatable bonds is 2. The Bertz CT molecular complexity index is 861. The molecule has 0 saturated heterocycles. The third kappa shape index (κ3) is 4.10. The van der Waals surface area contributed by atoms with E-state index in [1.165, 1.54) is 10.6 Å². The summed E-state index contributed by atoms with van der Waals surface area (Å²) in [6.45, 7) is 0. The van der Waals surface area contributed by atoms with Crippen molar-refractivity contribution in [1.82, 2.24) is 5.32 Å². The predicted octanol–water partition coefficient (Wildman–Crippen LogP) is 4.22. The van der Waals surface area contributed by atoms with Crippen molar-refractivity contribution in [3.63, 3.8) is 0 Å². The van der Waals surface area contributed by atoms with Crippen LogP contribution in [0.5, 0.6) is 0 Å². The van der Waals surface area contributed by atoms with E-state index in [2.05, 4.69) is 0 Å². The van der Waals surface area contributed by atoms with E-state index >= 15 is 0 Å². The fourth-order valence-corrected chi connectivity index (χ4v) is 1.92. The van der Waals surface area contributed by atoms with Crippen LogP contribution in [-0.4, -0.2) is 11.9 Å². The Morgan fingerprint density at radius 1 is 0.923 bits per heavy atom. The van der Waals surface area contributed by atoms with E-state index in [0.717, 1.165) is 18.2 Å². The van der Waals surface area contributed by atoms with E-state index in [9.17, 15) is 40.3 Å². The number of imide groups is 1. The molecule has 0 aliphatic carbocycles. The highest BCUT2D eigenvalue weighted by atomic mass is 19.4. The highest BCUT2D eigenvalue weighted by Crippen LogP contribution is 2.34. The molecule has 0 aliphatic heterocycles. The zero-order valence-electron chi connectivity index (χ0n) is 12.3. The van der Waals surface area contributed by atoms with Gasteiger partial charge < -0.3 is 5.32 Å². The number of carbonyl (C=O) groups is 2. The zero-order chi connectivity index (χ0) is 19.6. The maximum absolute atomic E-state index is 13.8. The summed E-state index contributed by atoms with van der Waals surface area (Å²) in [5.41, 5.74) is -4.35. The van der Waals surface area contributed by atoms with Gasteiger partial charge in [-0.2, -0.15) is 13.2 Å². The molecule has 0 atom stereocenters. The van der Waals surface area contributed by atoms with E-state index < -0.39 is 58.2 Å². The Labute approximate surface area is 140 Å². The number of amides is 3. The fraction of sp³-hybridized carbons (Fsp3) is 0.0667. The van der Waals surface area contributed by atoms with Crippen LogP contribution in [0.3, 0.4) is 0 Å². The molecule has 0 bridgehead atoms. The molecule has 2 N–H and O–H groups in total. The minimum Gasteiger partial charge on any atom is -0.305 e. The Balaban J connectivity index is 2.23. The molecule has 0 heterocycles. The molecule has 4 nitrogen and oxygen atoms in total. The van der Waals surface area contributed by atoms with Crippen LogP contribution in [0.2, 0.25) is 0 Å². The Kier molecular flexibility index (Phi) is 5.19. The number of hydrogen-bond donors (Lipinski definition) is 2. The molecule has 0 aliphatic rings. The summed E-state index contributed by atoms with van der Waals surface area (Å²) >= 11 is 0. The van der Waals surface area contributed by atoms with E-state index in [1.807, 2.05) is 0 Å². The molecule has 2 aromatic rings. The Hall–Kier alpha value is -3.11. The molecule has 11 heteroatoms. The number of nitrogens with one attached hydrogen (secondary N) is 2. The molecule has 138 valence electrons. The van der Waals surface area contributed by atoms with Gasteiger partial charge in [-0.25, -0.2) is 22.4 Å². The van der Waals surface area contributed by atoms with Gasteiger partial charge in [0.2, 0.25) is 0 Å². The van der Waals surface area contributed by atoms with Crippen molar-refractivity contribution in [3.05, 3.63) is 64.7 Å². The lowest BCUT2D eigenvalue weighted by atomic mass is 10.1. The second-order valence-corrected chi connectivity index (χ2v) is 4.82. The van der Waals surface area contributed by atoms with Gasteiger partial charge in [-0.3, -0.25) is 10.1 Å². The molecule has 2 rings (SSSR count). The molecule has 0 saturated carbocycles. The van der Waals surface area contributed by atoms with Crippen LogP contribution in [0.4, 0.5) is 41.2 Å². The minimum absolute atomic E-state index is 0.127. The lowest BCUT2D eigenvalue weighted by molar-refractivity contribution is -0.140. The maximum Gasteiger partial charge on any atom is 0.419 e. The summed E-state index contributed by atoms with van der Waals surface area (Å²) in [5.74, 6) is -7.72. The number of hydrogen-bond acceptors (Lipinski definition) is 2. The van der Waals surface area contributed by atoms with Crippen LogP contribution in [-0.2, 0) is 6.18 Å². The molecule has 0 aromatic heterocycles. The van der Waals surface area contributed by atoms with Crippen LogP contribution in [0, 0.1) is 23.3 Å². The van der Waals surface area contributed by atoms with Gasteiger partial charge >= 0.3 is 12.2 Å². The van der Waals surface area contributed by atoms with Crippen LogP contribution in [0.1, 0.15) is 15.9 Å². The molecular formula is C15H7F7N2O2. The highest BCUT2D eigenvalue weighted by molar-refractivity contribution is 6.08. The van der Waals surface area contributed by atoms with Crippen molar-refractivity contribution < 1.29 is 40.3 Å². The number of halogens is 7. The molecule has 3 amide bonds. The third-order valence-corrected chi connectivity index (χ3v) is 3.01. The van der Waals surface area contributed by atoms with Gasteiger partial charge in [0.25, 0.3) is 5.91 Å². The largest absolute Gasteiger partial charge is 0.419 e. The molecular weight excluding hydrogens is 373 g/mol. The predicted molar refractivity (Wildman–Crippen MR) is 74.2 cm³/mol. The number of carbonyl (C=O) groups excluding carboxylic acids is 2. The van der Waals surface area contributed by atoms with Gasteiger partial charge in [-0.05, 0) is 18.2 Å². The number of alkyl halides is 3. The topological polar surface area (TPSA) is 58.2 Å². The lowest BCUT2D eigenvalue weighted by Gasteiger charge is -2.13. The quantitative estimate of drug-likeness (QED) is 0.767. The summed E-state index contributed by atoms with van der Waals surface area (Å²) in [6.07, 6.45) is -5.24. The second-order valence-electron chi connectivity index (χ2n) is 4.82. The van der Waals surface area contributed by atoms with E-state index in [-0.39, 0.29) is 12.1 Å². The fourth-order valence-electron chi connectivity index (χ4n) is 1.92. The normalized spacial score (nSPS) is 11.2. The first-order chi connectivity index (χ1) is 12.0. The van der Waals surface area contributed by atoms with Crippen molar-refractivity contribution in [2.24, 2.45) is 0 Å². The van der Waals surface area contributed by atoms with Gasteiger partial charge in [0.15, 0.2) is 5.82 Å². The summed E-state index contributed by atoms with van der Waals surface area (Å²) < 4.78 is 91.6. The zero-order valence-corrected chi connectivity index (χ0v) is 12.3. The van der Waals surface area contributed by atoms with E-state index in [1.54, 1.807) is 0 Å². The molecule has 26 heavy (non-hydrogen) atoms. The molecule has 2 aromatic carbocycles. The molecule has 0 spiro atoms. The maximum atomic E-state index is 13.8. The SMILES string of the molecule is O=C(NC(=O)c1c(F)cccc1F)Nc1cc(F)cc(C(F)(F)F)c1F. The number of urea groups is 1. The molecule has 0 radical (unpaired) electrons.